The number of carboxylic acids is 1. The third-order valence-electron chi connectivity index (χ3n) is 6.71. The van der Waals surface area contributed by atoms with Crippen LogP contribution >= 0.6 is 0 Å². The van der Waals surface area contributed by atoms with E-state index < -0.39 is 12.0 Å². The van der Waals surface area contributed by atoms with Crippen molar-refractivity contribution in [2.45, 2.75) is 25.9 Å². The van der Waals surface area contributed by atoms with Crippen molar-refractivity contribution < 1.29 is 23.8 Å². The molecule has 8 heteroatoms. The van der Waals surface area contributed by atoms with Crippen molar-refractivity contribution in [1.82, 2.24) is 10.3 Å². The molecule has 1 atom stereocenters. The molecule has 0 spiro atoms. The number of carboxylic acid groups (broad SMARTS) is 1. The molecule has 4 aromatic carbocycles. The molecule has 0 saturated carbocycles. The highest BCUT2D eigenvalue weighted by molar-refractivity contribution is 6.13. The number of nitrogens with zero attached hydrogens (tertiary/aromatic N) is 1. The van der Waals surface area contributed by atoms with Crippen molar-refractivity contribution in [3.8, 4) is 5.75 Å². The van der Waals surface area contributed by atoms with Gasteiger partial charge in [-0.25, -0.2) is 9.78 Å². The molecule has 1 aromatic heterocycles. The lowest BCUT2D eigenvalue weighted by atomic mass is 9.97. The number of hydrogen-bond donors (Lipinski definition) is 3. The summed E-state index contributed by atoms with van der Waals surface area (Å²) >= 11 is 0. The summed E-state index contributed by atoms with van der Waals surface area (Å²) in [6.45, 7) is 3.43. The molecule has 1 heterocycles. The Kier molecular flexibility index (Phi) is 8.71. The Labute approximate surface area is 238 Å². The van der Waals surface area contributed by atoms with Crippen molar-refractivity contribution in [2.24, 2.45) is 0 Å². The monoisotopic (exact) mass is 549 g/mol. The molecule has 1 unspecified atom stereocenters. The zero-order chi connectivity index (χ0) is 28.6. The van der Waals surface area contributed by atoms with Gasteiger partial charge in [0, 0.05) is 29.8 Å². The molecular weight excluding hydrogens is 518 g/mol. The number of aromatic nitrogens is 1. The molecule has 208 valence electrons. The number of nitrogens with one attached hydrogen (secondary N) is 2. The van der Waals surface area contributed by atoms with Gasteiger partial charge in [0.2, 0.25) is 5.89 Å². The van der Waals surface area contributed by atoms with Crippen LogP contribution < -0.4 is 15.4 Å². The van der Waals surface area contributed by atoms with Crippen LogP contribution in [0.5, 0.6) is 5.75 Å². The highest BCUT2D eigenvalue weighted by atomic mass is 16.5. The van der Waals surface area contributed by atoms with Gasteiger partial charge in [-0.05, 0) is 54.4 Å². The molecule has 5 rings (SSSR count). The number of aryl methyl sites for hydroxylation is 1. The molecule has 41 heavy (non-hydrogen) atoms. The molecule has 0 aliphatic rings. The van der Waals surface area contributed by atoms with E-state index in [9.17, 15) is 14.7 Å². The van der Waals surface area contributed by atoms with Gasteiger partial charge in [0.25, 0.3) is 0 Å². The number of oxazole rings is 1. The van der Waals surface area contributed by atoms with Gasteiger partial charge in [-0.1, -0.05) is 60.7 Å². The van der Waals surface area contributed by atoms with Crippen LogP contribution in [-0.2, 0) is 17.8 Å². The van der Waals surface area contributed by atoms with Crippen LogP contribution in [0, 0.1) is 6.92 Å². The lowest BCUT2D eigenvalue weighted by molar-refractivity contribution is -0.137. The van der Waals surface area contributed by atoms with Gasteiger partial charge in [0.05, 0.1) is 6.54 Å². The first-order chi connectivity index (χ1) is 20.0. The Bertz CT molecular complexity index is 1610. The number of ketones is 1. The third kappa shape index (κ3) is 6.98. The highest BCUT2D eigenvalue weighted by Crippen LogP contribution is 2.23. The molecule has 0 aliphatic carbocycles. The summed E-state index contributed by atoms with van der Waals surface area (Å²) < 4.78 is 11.5. The molecular formula is C33H31N3O5. The summed E-state index contributed by atoms with van der Waals surface area (Å²) in [5.41, 5.74) is 4.80. The van der Waals surface area contributed by atoms with Crippen LogP contribution in [0.1, 0.15) is 32.9 Å². The first-order valence-corrected chi connectivity index (χ1v) is 13.4. The van der Waals surface area contributed by atoms with E-state index in [0.29, 0.717) is 48.2 Å². The topological polar surface area (TPSA) is 114 Å². The van der Waals surface area contributed by atoms with E-state index in [2.05, 4.69) is 15.6 Å². The molecule has 0 fully saturated rings. The van der Waals surface area contributed by atoms with Crippen LogP contribution in [-0.4, -0.2) is 41.0 Å². The van der Waals surface area contributed by atoms with E-state index in [1.807, 2.05) is 73.7 Å². The number of carbonyl (C=O) groups is 2. The van der Waals surface area contributed by atoms with E-state index >= 15 is 0 Å². The molecule has 0 radical (unpaired) electrons. The van der Waals surface area contributed by atoms with Crippen LogP contribution in [0.3, 0.4) is 0 Å². The van der Waals surface area contributed by atoms with Crippen LogP contribution in [0.25, 0.3) is 11.1 Å². The van der Waals surface area contributed by atoms with E-state index in [1.165, 1.54) is 0 Å². The highest BCUT2D eigenvalue weighted by Gasteiger charge is 2.22. The molecule has 3 N–H and O–H groups in total. The normalized spacial score (nSPS) is 11.7. The number of rotatable bonds is 13. The molecule has 0 amide bonds. The maximum Gasteiger partial charge on any atom is 0.326 e. The van der Waals surface area contributed by atoms with Gasteiger partial charge in [-0.15, -0.1) is 0 Å². The summed E-state index contributed by atoms with van der Waals surface area (Å²) in [5.74, 6) is 0.152. The molecule has 0 saturated heterocycles. The number of fused-ring (bicyclic) bond motifs is 1. The van der Waals surface area contributed by atoms with Crippen molar-refractivity contribution in [3.63, 3.8) is 0 Å². The van der Waals surface area contributed by atoms with Crippen molar-refractivity contribution in [1.29, 1.82) is 0 Å². The fourth-order valence-corrected chi connectivity index (χ4v) is 4.56. The largest absolute Gasteiger partial charge is 0.492 e. The Morgan fingerprint density at radius 3 is 2.37 bits per heavy atom. The van der Waals surface area contributed by atoms with Crippen LogP contribution in [0.15, 0.2) is 101 Å². The fraction of sp³-hybridized carbons (Fsp3) is 0.182. The van der Waals surface area contributed by atoms with Gasteiger partial charge in [0.1, 0.15) is 23.9 Å². The number of para-hydroxylation sites is 3. The van der Waals surface area contributed by atoms with Crippen LogP contribution in [0.4, 0.5) is 5.69 Å². The summed E-state index contributed by atoms with van der Waals surface area (Å²) in [5, 5.41) is 16.3. The van der Waals surface area contributed by atoms with Gasteiger partial charge in [-0.2, -0.15) is 0 Å². The minimum absolute atomic E-state index is 0.153. The van der Waals surface area contributed by atoms with Crippen molar-refractivity contribution in [2.75, 3.05) is 18.5 Å². The molecule has 0 aliphatic heterocycles. The third-order valence-corrected chi connectivity index (χ3v) is 6.71. The first-order valence-electron chi connectivity index (χ1n) is 13.4. The zero-order valence-corrected chi connectivity index (χ0v) is 22.7. The Morgan fingerprint density at radius 2 is 1.61 bits per heavy atom. The second kappa shape index (κ2) is 12.9. The predicted octanol–water partition coefficient (Wildman–Crippen LogP) is 5.64. The van der Waals surface area contributed by atoms with E-state index in [0.717, 1.165) is 22.2 Å². The zero-order valence-electron chi connectivity index (χ0n) is 22.7. The predicted molar refractivity (Wildman–Crippen MR) is 157 cm³/mol. The smallest absolute Gasteiger partial charge is 0.326 e. The van der Waals surface area contributed by atoms with Gasteiger partial charge in [-0.3, -0.25) is 4.79 Å². The number of carbonyl (C=O) groups excluding carboxylic acids is 1. The maximum absolute atomic E-state index is 13.3. The fourth-order valence-electron chi connectivity index (χ4n) is 4.56. The quantitative estimate of drug-likeness (QED) is 0.128. The Hall–Kier alpha value is -4.95. The van der Waals surface area contributed by atoms with Crippen molar-refractivity contribution >= 4 is 28.5 Å². The van der Waals surface area contributed by atoms with Crippen LogP contribution in [0.2, 0.25) is 0 Å². The molecule has 0 bridgehead atoms. The average molecular weight is 550 g/mol. The van der Waals surface area contributed by atoms with E-state index in [-0.39, 0.29) is 12.2 Å². The Morgan fingerprint density at radius 1 is 0.902 bits per heavy atom. The lowest BCUT2D eigenvalue weighted by Crippen LogP contribution is -2.32. The second-order valence-corrected chi connectivity index (χ2v) is 9.67. The van der Waals surface area contributed by atoms with E-state index in [1.54, 1.807) is 30.3 Å². The summed E-state index contributed by atoms with van der Waals surface area (Å²) in [6.07, 6.45) is 0.231. The summed E-state index contributed by atoms with van der Waals surface area (Å²) in [7, 11) is 0. The summed E-state index contributed by atoms with van der Waals surface area (Å²) in [6, 6.07) is 28.4. The second-order valence-electron chi connectivity index (χ2n) is 9.67. The van der Waals surface area contributed by atoms with E-state index in [4.69, 9.17) is 9.15 Å². The number of aliphatic carboxylic acids is 1. The first kappa shape index (κ1) is 27.6. The minimum Gasteiger partial charge on any atom is -0.492 e. The number of benzene rings is 4. The standard InChI is InChI=1S/C33H31N3O5/c1-22-8-2-3-9-25(22)32(37)26-10-4-5-11-27(26)35-29(33(38)39)20-23-14-16-24(17-15-23)40-19-18-34-21-31-36-28-12-6-7-13-30(28)41-31/h2-17,29,34-35H,18-21H2,1H3,(H,38,39). The van der Waals surface area contributed by atoms with Gasteiger partial charge >= 0.3 is 5.97 Å². The van der Waals surface area contributed by atoms with Crippen molar-refractivity contribution in [3.05, 3.63) is 125 Å². The van der Waals surface area contributed by atoms with Gasteiger partial charge in [0.15, 0.2) is 11.4 Å². The molecule has 8 nitrogen and oxygen atoms in total. The SMILES string of the molecule is Cc1ccccc1C(=O)c1ccccc1NC(Cc1ccc(OCCNCc2nc3ccccc3o2)cc1)C(=O)O. The Balaban J connectivity index is 1.14. The summed E-state index contributed by atoms with van der Waals surface area (Å²) in [4.78, 5) is 29.8. The number of ether oxygens (including phenoxy) is 1. The number of anilines is 1. The minimum atomic E-state index is -1.01. The number of hydrogen-bond acceptors (Lipinski definition) is 7. The van der Waals surface area contributed by atoms with Gasteiger partial charge < -0.3 is 24.9 Å². The molecule has 5 aromatic rings. The lowest BCUT2D eigenvalue weighted by Gasteiger charge is -2.19. The average Bonchev–Trinajstić information content (AvgIpc) is 3.40. The maximum atomic E-state index is 13.3.